The van der Waals surface area contributed by atoms with Crippen LogP contribution in [0.1, 0.15) is 34.7 Å². The Hall–Kier alpha value is -2.13. The molecule has 0 radical (unpaired) electrons. The van der Waals surface area contributed by atoms with Crippen LogP contribution in [-0.2, 0) is 0 Å². The van der Waals surface area contributed by atoms with Gasteiger partial charge in [-0.05, 0) is 61.7 Å². The van der Waals surface area contributed by atoms with Gasteiger partial charge in [0.2, 0.25) is 0 Å². The van der Waals surface area contributed by atoms with Crippen LogP contribution < -0.4 is 10.2 Å². The van der Waals surface area contributed by atoms with E-state index in [4.69, 9.17) is 0 Å². The van der Waals surface area contributed by atoms with Crippen LogP contribution in [0, 0.1) is 5.92 Å². The van der Waals surface area contributed by atoms with E-state index in [2.05, 4.69) is 22.3 Å². The highest BCUT2D eigenvalue weighted by Crippen LogP contribution is 2.34. The van der Waals surface area contributed by atoms with Gasteiger partial charge in [-0.15, -0.1) is 0 Å². The van der Waals surface area contributed by atoms with Crippen molar-refractivity contribution >= 4 is 11.5 Å². The number of anilines is 1. The van der Waals surface area contributed by atoms with Crippen molar-refractivity contribution in [1.82, 2.24) is 5.32 Å². The van der Waals surface area contributed by atoms with Gasteiger partial charge in [0, 0.05) is 25.3 Å². The zero-order valence-electron chi connectivity index (χ0n) is 14.5. The van der Waals surface area contributed by atoms with Crippen LogP contribution in [0.25, 0.3) is 0 Å². The zero-order chi connectivity index (χ0) is 16.9. The topological polar surface area (TPSA) is 32.3 Å². The predicted octanol–water partition coefficient (Wildman–Crippen LogP) is 3.72. The molecule has 1 unspecified atom stereocenters. The Morgan fingerprint density at radius 2 is 1.62 bits per heavy atom. The van der Waals surface area contributed by atoms with E-state index in [0.29, 0.717) is 5.92 Å². The van der Waals surface area contributed by atoms with E-state index < -0.39 is 0 Å². The molecule has 3 heteroatoms. The summed E-state index contributed by atoms with van der Waals surface area (Å²) in [6.07, 6.45) is 2.11. The number of ketones is 1. The van der Waals surface area contributed by atoms with E-state index in [0.717, 1.165) is 42.7 Å². The number of benzene rings is 2. The van der Waals surface area contributed by atoms with Crippen molar-refractivity contribution < 1.29 is 4.79 Å². The minimum absolute atomic E-state index is 0.0430. The molecule has 126 valence electrons. The number of Topliss-reactive ketones (excluding diaryl/α,β-unsaturated/α-hetero) is 1. The van der Waals surface area contributed by atoms with Crippen molar-refractivity contribution in [2.75, 3.05) is 32.1 Å². The molecule has 24 heavy (non-hydrogen) atoms. The molecule has 1 aliphatic heterocycles. The highest BCUT2D eigenvalue weighted by Gasteiger charge is 2.31. The Labute approximate surface area is 144 Å². The van der Waals surface area contributed by atoms with Crippen molar-refractivity contribution in [2.24, 2.45) is 5.92 Å². The van der Waals surface area contributed by atoms with Crippen LogP contribution in [0.5, 0.6) is 0 Å². The van der Waals surface area contributed by atoms with Gasteiger partial charge in [-0.25, -0.2) is 0 Å². The molecule has 2 aromatic rings. The molecule has 0 aliphatic carbocycles. The average molecular weight is 322 g/mol. The summed E-state index contributed by atoms with van der Waals surface area (Å²) in [5.41, 5.74) is 3.07. The molecule has 0 saturated carbocycles. The molecular weight excluding hydrogens is 296 g/mol. The summed E-state index contributed by atoms with van der Waals surface area (Å²) in [7, 11) is 4.03. The molecule has 3 rings (SSSR count). The summed E-state index contributed by atoms with van der Waals surface area (Å²) in [6, 6.07) is 18.3. The normalized spacial score (nSPS) is 16.6. The summed E-state index contributed by atoms with van der Waals surface area (Å²) in [6.45, 7) is 2.00. The minimum atomic E-state index is -0.0430. The zero-order valence-corrected chi connectivity index (χ0v) is 14.5. The maximum Gasteiger partial charge on any atom is 0.170 e. The molecule has 0 spiro atoms. The van der Waals surface area contributed by atoms with Gasteiger partial charge in [-0.3, -0.25) is 4.79 Å². The third-order valence-corrected chi connectivity index (χ3v) is 4.96. The molecule has 1 atom stereocenters. The molecule has 1 heterocycles. The molecule has 0 bridgehead atoms. The smallest absolute Gasteiger partial charge is 0.170 e. The fraction of sp³-hybridized carbons (Fsp3) is 0.381. The lowest BCUT2D eigenvalue weighted by atomic mass is 9.76. The SMILES string of the molecule is CN(C)c1ccc(C(=O)C(c2ccccc2)C2CCNCC2)cc1. The van der Waals surface area contributed by atoms with Crippen LogP contribution in [-0.4, -0.2) is 33.0 Å². The highest BCUT2D eigenvalue weighted by atomic mass is 16.1. The third kappa shape index (κ3) is 3.68. The molecular formula is C21H26N2O. The number of piperidine rings is 1. The van der Waals surface area contributed by atoms with Gasteiger partial charge in [0.15, 0.2) is 5.78 Å². The van der Waals surface area contributed by atoms with Crippen molar-refractivity contribution in [2.45, 2.75) is 18.8 Å². The summed E-state index contributed by atoms with van der Waals surface area (Å²) in [4.78, 5) is 15.3. The maximum atomic E-state index is 13.3. The van der Waals surface area contributed by atoms with Gasteiger partial charge in [-0.2, -0.15) is 0 Å². The average Bonchev–Trinajstić information content (AvgIpc) is 2.64. The van der Waals surface area contributed by atoms with E-state index in [9.17, 15) is 4.79 Å². The van der Waals surface area contributed by atoms with E-state index >= 15 is 0 Å². The monoisotopic (exact) mass is 322 g/mol. The minimum Gasteiger partial charge on any atom is -0.378 e. The van der Waals surface area contributed by atoms with Gasteiger partial charge in [0.25, 0.3) is 0 Å². The van der Waals surface area contributed by atoms with Crippen LogP contribution >= 0.6 is 0 Å². The van der Waals surface area contributed by atoms with Crippen LogP contribution in [0.15, 0.2) is 54.6 Å². The molecule has 1 aliphatic rings. The second kappa shape index (κ2) is 7.63. The Morgan fingerprint density at radius 1 is 1.00 bits per heavy atom. The molecule has 3 nitrogen and oxygen atoms in total. The Morgan fingerprint density at radius 3 is 2.21 bits per heavy atom. The van der Waals surface area contributed by atoms with Crippen LogP contribution in [0.4, 0.5) is 5.69 Å². The van der Waals surface area contributed by atoms with E-state index in [1.807, 2.05) is 56.6 Å². The first-order chi connectivity index (χ1) is 11.7. The number of rotatable bonds is 5. The van der Waals surface area contributed by atoms with Crippen molar-refractivity contribution in [3.63, 3.8) is 0 Å². The number of carbonyl (C=O) groups excluding carboxylic acids is 1. The largest absolute Gasteiger partial charge is 0.378 e. The molecule has 0 aromatic heterocycles. The van der Waals surface area contributed by atoms with Crippen molar-refractivity contribution in [1.29, 1.82) is 0 Å². The second-order valence-electron chi connectivity index (χ2n) is 6.78. The summed E-state index contributed by atoms with van der Waals surface area (Å²) in [5, 5.41) is 3.40. The molecule has 1 N–H and O–H groups in total. The summed E-state index contributed by atoms with van der Waals surface area (Å²) < 4.78 is 0. The fourth-order valence-electron chi connectivity index (χ4n) is 3.58. The van der Waals surface area contributed by atoms with E-state index in [-0.39, 0.29) is 11.7 Å². The Kier molecular flexibility index (Phi) is 5.31. The van der Waals surface area contributed by atoms with Crippen LogP contribution in [0.3, 0.4) is 0 Å². The standard InChI is InChI=1S/C21H26N2O/c1-23(2)19-10-8-18(9-11-19)21(24)20(16-6-4-3-5-7-16)17-12-14-22-15-13-17/h3-11,17,20,22H,12-15H2,1-2H3. The first-order valence-electron chi connectivity index (χ1n) is 8.74. The maximum absolute atomic E-state index is 13.3. The first-order valence-corrected chi connectivity index (χ1v) is 8.74. The third-order valence-electron chi connectivity index (χ3n) is 4.96. The summed E-state index contributed by atoms with van der Waals surface area (Å²) >= 11 is 0. The molecule has 2 aromatic carbocycles. The molecule has 0 amide bonds. The number of hydrogen-bond acceptors (Lipinski definition) is 3. The lowest BCUT2D eigenvalue weighted by molar-refractivity contribution is 0.0916. The molecule has 1 saturated heterocycles. The second-order valence-corrected chi connectivity index (χ2v) is 6.78. The lowest BCUT2D eigenvalue weighted by Gasteiger charge is -2.30. The van der Waals surface area contributed by atoms with E-state index in [1.54, 1.807) is 0 Å². The van der Waals surface area contributed by atoms with Crippen LogP contribution in [0.2, 0.25) is 0 Å². The van der Waals surface area contributed by atoms with Gasteiger partial charge < -0.3 is 10.2 Å². The van der Waals surface area contributed by atoms with Gasteiger partial charge >= 0.3 is 0 Å². The summed E-state index contributed by atoms with van der Waals surface area (Å²) in [5.74, 6) is 0.617. The van der Waals surface area contributed by atoms with Gasteiger partial charge in [0.05, 0.1) is 5.92 Å². The number of nitrogens with one attached hydrogen (secondary N) is 1. The Bertz CT molecular complexity index is 658. The fourth-order valence-corrected chi connectivity index (χ4v) is 3.58. The lowest BCUT2D eigenvalue weighted by Crippen LogP contribution is -2.33. The highest BCUT2D eigenvalue weighted by molar-refractivity contribution is 6.01. The van der Waals surface area contributed by atoms with Crippen molar-refractivity contribution in [3.8, 4) is 0 Å². The first kappa shape index (κ1) is 16.7. The molecule has 1 fully saturated rings. The van der Waals surface area contributed by atoms with E-state index in [1.165, 1.54) is 0 Å². The Balaban J connectivity index is 1.90. The van der Waals surface area contributed by atoms with Gasteiger partial charge in [-0.1, -0.05) is 30.3 Å². The van der Waals surface area contributed by atoms with Crippen molar-refractivity contribution in [3.05, 3.63) is 65.7 Å². The predicted molar refractivity (Wildman–Crippen MR) is 99.9 cm³/mol. The number of hydrogen-bond donors (Lipinski definition) is 1. The number of carbonyl (C=O) groups is 1. The number of nitrogens with zero attached hydrogens (tertiary/aromatic N) is 1. The van der Waals surface area contributed by atoms with Gasteiger partial charge in [0.1, 0.15) is 0 Å². The quantitative estimate of drug-likeness (QED) is 0.852.